The van der Waals surface area contributed by atoms with E-state index in [0.29, 0.717) is 5.69 Å². The van der Waals surface area contributed by atoms with Gasteiger partial charge in [-0.3, -0.25) is 0 Å². The largest absolute Gasteiger partial charge is 0.490 e. The van der Waals surface area contributed by atoms with Crippen molar-refractivity contribution in [3.05, 3.63) is 33.2 Å². The van der Waals surface area contributed by atoms with Gasteiger partial charge in [0.1, 0.15) is 5.75 Å². The first kappa shape index (κ1) is 11.8. The number of hydrogen-bond donors (Lipinski definition) is 1. The molecule has 2 aromatic rings. The number of H-pyrrole nitrogens is 1. The summed E-state index contributed by atoms with van der Waals surface area (Å²) < 4.78 is 7.50. The number of aromatic amines is 1. The Morgan fingerprint density at radius 3 is 2.76 bits per heavy atom. The number of nitrogens with zero attached hydrogens (tertiary/aromatic N) is 3. The van der Waals surface area contributed by atoms with E-state index in [1.807, 2.05) is 13.8 Å². The molecule has 0 radical (unpaired) electrons. The van der Waals surface area contributed by atoms with Crippen LogP contribution in [-0.2, 0) is 0 Å². The molecule has 1 aromatic heterocycles. The van der Waals surface area contributed by atoms with Crippen LogP contribution in [0, 0.1) is 0 Å². The van der Waals surface area contributed by atoms with E-state index in [2.05, 4.69) is 31.5 Å². The third-order valence-corrected chi connectivity index (χ3v) is 2.61. The molecule has 0 aliphatic rings. The van der Waals surface area contributed by atoms with Gasteiger partial charge in [0.05, 0.1) is 16.3 Å². The second-order valence-corrected chi connectivity index (χ2v) is 4.55. The van der Waals surface area contributed by atoms with Crippen molar-refractivity contribution in [3.8, 4) is 11.4 Å². The van der Waals surface area contributed by atoms with Crippen LogP contribution in [0.4, 0.5) is 0 Å². The van der Waals surface area contributed by atoms with Gasteiger partial charge in [0.25, 0.3) is 0 Å². The Morgan fingerprint density at radius 2 is 2.24 bits per heavy atom. The number of nitrogens with one attached hydrogen (secondary N) is 1. The quantitative estimate of drug-likeness (QED) is 0.932. The first-order valence-electron chi connectivity index (χ1n) is 5.05. The predicted molar refractivity (Wildman–Crippen MR) is 65.4 cm³/mol. The average Bonchev–Trinajstić information content (AvgIpc) is 2.67. The van der Waals surface area contributed by atoms with Crippen LogP contribution < -0.4 is 10.4 Å². The van der Waals surface area contributed by atoms with Crippen LogP contribution in [0.25, 0.3) is 5.69 Å². The molecule has 0 aliphatic heterocycles. The molecule has 0 saturated carbocycles. The maximum atomic E-state index is 11.3. The van der Waals surface area contributed by atoms with Gasteiger partial charge in [-0.15, -0.1) is 0 Å². The maximum absolute atomic E-state index is 11.3. The van der Waals surface area contributed by atoms with E-state index in [9.17, 15) is 4.79 Å². The van der Waals surface area contributed by atoms with Gasteiger partial charge < -0.3 is 4.74 Å². The van der Waals surface area contributed by atoms with Gasteiger partial charge in [0.2, 0.25) is 0 Å². The zero-order valence-electron chi connectivity index (χ0n) is 9.35. The highest BCUT2D eigenvalue weighted by Gasteiger charge is 2.08. The lowest BCUT2D eigenvalue weighted by Crippen LogP contribution is -2.16. The summed E-state index contributed by atoms with van der Waals surface area (Å²) >= 11 is 3.39. The van der Waals surface area contributed by atoms with Gasteiger partial charge in [0, 0.05) is 0 Å². The third-order valence-electron chi connectivity index (χ3n) is 1.99. The highest BCUT2D eigenvalue weighted by atomic mass is 79.9. The molecule has 0 amide bonds. The first-order chi connectivity index (χ1) is 8.08. The number of tetrazole rings is 1. The van der Waals surface area contributed by atoms with E-state index in [1.165, 1.54) is 4.68 Å². The molecule has 0 saturated heterocycles. The molecule has 0 spiro atoms. The van der Waals surface area contributed by atoms with Crippen molar-refractivity contribution in [2.45, 2.75) is 20.0 Å². The number of hydrogen-bond acceptors (Lipinski definition) is 4. The Kier molecular flexibility index (Phi) is 3.28. The SMILES string of the molecule is CC(C)Oc1ccc(-n2nn[nH]c2=O)cc1Br. The Morgan fingerprint density at radius 1 is 1.47 bits per heavy atom. The van der Waals surface area contributed by atoms with Crippen molar-refractivity contribution >= 4 is 15.9 Å². The number of halogens is 1. The highest BCUT2D eigenvalue weighted by Crippen LogP contribution is 2.27. The molecule has 7 heteroatoms. The molecule has 90 valence electrons. The summed E-state index contributed by atoms with van der Waals surface area (Å²) in [5.74, 6) is 0.722. The van der Waals surface area contributed by atoms with Crippen LogP contribution >= 0.6 is 15.9 Å². The van der Waals surface area contributed by atoms with E-state index < -0.39 is 0 Å². The van der Waals surface area contributed by atoms with Crippen molar-refractivity contribution in [2.24, 2.45) is 0 Å². The number of rotatable bonds is 3. The molecule has 0 aliphatic carbocycles. The fraction of sp³-hybridized carbons (Fsp3) is 0.300. The van der Waals surface area contributed by atoms with Crippen molar-refractivity contribution < 1.29 is 4.74 Å². The van der Waals surface area contributed by atoms with E-state index in [0.717, 1.165) is 10.2 Å². The van der Waals surface area contributed by atoms with Crippen LogP contribution in [0.15, 0.2) is 27.5 Å². The molecule has 1 aromatic carbocycles. The fourth-order valence-electron chi connectivity index (χ4n) is 1.34. The summed E-state index contributed by atoms with van der Waals surface area (Å²) in [4.78, 5) is 11.3. The zero-order valence-corrected chi connectivity index (χ0v) is 10.9. The Hall–Kier alpha value is -1.63. The van der Waals surface area contributed by atoms with Crippen LogP contribution in [0.2, 0.25) is 0 Å². The molecular formula is C10H11BrN4O2. The third kappa shape index (κ3) is 2.55. The molecule has 2 rings (SSSR count). The lowest BCUT2D eigenvalue weighted by atomic mass is 10.3. The van der Waals surface area contributed by atoms with E-state index in [1.54, 1.807) is 18.2 Å². The summed E-state index contributed by atoms with van der Waals surface area (Å²) in [5.41, 5.74) is 0.237. The topological polar surface area (TPSA) is 72.8 Å². The highest BCUT2D eigenvalue weighted by molar-refractivity contribution is 9.10. The minimum Gasteiger partial charge on any atom is -0.490 e. The van der Waals surface area contributed by atoms with Crippen LogP contribution in [-0.4, -0.2) is 26.3 Å². The van der Waals surface area contributed by atoms with E-state index in [4.69, 9.17) is 4.74 Å². The molecule has 6 nitrogen and oxygen atoms in total. The van der Waals surface area contributed by atoms with Crippen LogP contribution in [0.1, 0.15) is 13.8 Å². The van der Waals surface area contributed by atoms with Gasteiger partial charge in [-0.1, -0.05) is 0 Å². The standard InChI is InChI=1S/C10H11BrN4O2/c1-6(2)17-9-4-3-7(5-8(9)11)15-10(16)12-13-14-15/h3-6H,1-2H3,(H,12,14,16). The maximum Gasteiger partial charge on any atom is 0.365 e. The predicted octanol–water partition coefficient (Wildman–Crippen LogP) is 1.51. The molecule has 1 heterocycles. The van der Waals surface area contributed by atoms with Crippen molar-refractivity contribution in [3.63, 3.8) is 0 Å². The molecule has 1 N–H and O–H groups in total. The monoisotopic (exact) mass is 298 g/mol. The number of benzene rings is 1. The van der Waals surface area contributed by atoms with E-state index in [-0.39, 0.29) is 11.8 Å². The summed E-state index contributed by atoms with van der Waals surface area (Å²) in [5, 5.41) is 9.32. The summed E-state index contributed by atoms with van der Waals surface area (Å²) in [7, 11) is 0. The normalized spacial score (nSPS) is 10.8. The first-order valence-corrected chi connectivity index (χ1v) is 5.84. The molecule has 0 unspecified atom stereocenters. The van der Waals surface area contributed by atoms with Crippen LogP contribution in [0.5, 0.6) is 5.75 Å². The Labute approximate surface area is 106 Å². The minimum absolute atomic E-state index is 0.0897. The average molecular weight is 299 g/mol. The van der Waals surface area contributed by atoms with Gasteiger partial charge in [-0.25, -0.2) is 9.89 Å². The second-order valence-electron chi connectivity index (χ2n) is 3.70. The van der Waals surface area contributed by atoms with Crippen molar-refractivity contribution in [2.75, 3.05) is 0 Å². The summed E-state index contributed by atoms with van der Waals surface area (Å²) in [6.07, 6.45) is 0.0897. The fourth-order valence-corrected chi connectivity index (χ4v) is 1.80. The Balaban J connectivity index is 2.38. The van der Waals surface area contributed by atoms with Gasteiger partial charge in [0.15, 0.2) is 0 Å². The molecule has 0 fully saturated rings. The van der Waals surface area contributed by atoms with Crippen molar-refractivity contribution in [1.29, 1.82) is 0 Å². The van der Waals surface area contributed by atoms with Crippen LogP contribution in [0.3, 0.4) is 0 Å². The molecule has 0 bridgehead atoms. The second kappa shape index (κ2) is 4.70. The molecule has 0 atom stereocenters. The lowest BCUT2D eigenvalue weighted by molar-refractivity contribution is 0.241. The summed E-state index contributed by atoms with van der Waals surface area (Å²) in [6, 6.07) is 5.27. The lowest BCUT2D eigenvalue weighted by Gasteiger charge is -2.11. The van der Waals surface area contributed by atoms with E-state index >= 15 is 0 Å². The molecular weight excluding hydrogens is 288 g/mol. The smallest absolute Gasteiger partial charge is 0.365 e. The Bertz CT molecular complexity index is 576. The number of aromatic nitrogens is 4. The van der Waals surface area contributed by atoms with Gasteiger partial charge in [-0.05, 0) is 58.4 Å². The van der Waals surface area contributed by atoms with Gasteiger partial charge >= 0.3 is 5.69 Å². The van der Waals surface area contributed by atoms with Crippen molar-refractivity contribution in [1.82, 2.24) is 20.2 Å². The minimum atomic E-state index is -0.380. The summed E-state index contributed by atoms with van der Waals surface area (Å²) in [6.45, 7) is 3.89. The zero-order chi connectivity index (χ0) is 12.4. The van der Waals surface area contributed by atoms with Gasteiger partial charge in [-0.2, -0.15) is 4.68 Å². The number of ether oxygens (including phenoxy) is 1. The molecule has 17 heavy (non-hydrogen) atoms.